The van der Waals surface area contributed by atoms with Crippen LogP contribution in [0.15, 0.2) is 98.3 Å². The second-order valence-corrected chi connectivity index (χ2v) is 8.98. The van der Waals surface area contributed by atoms with Crippen molar-refractivity contribution < 1.29 is 4.74 Å². The molecule has 0 fully saturated rings. The van der Waals surface area contributed by atoms with Crippen molar-refractivity contribution in [1.82, 2.24) is 23.9 Å². The molecule has 0 N–H and O–H groups in total. The van der Waals surface area contributed by atoms with Crippen LogP contribution in [0.2, 0.25) is 0 Å². The van der Waals surface area contributed by atoms with Gasteiger partial charge in [0.25, 0.3) is 11.2 Å². The van der Waals surface area contributed by atoms with Gasteiger partial charge >= 0.3 is 5.69 Å². The van der Waals surface area contributed by atoms with Crippen LogP contribution in [0.3, 0.4) is 0 Å². The molecule has 188 valence electrons. The van der Waals surface area contributed by atoms with Crippen molar-refractivity contribution in [1.29, 1.82) is 5.26 Å². The van der Waals surface area contributed by atoms with Gasteiger partial charge in [0.2, 0.25) is 6.19 Å². The quantitative estimate of drug-likeness (QED) is 0.248. The van der Waals surface area contributed by atoms with Crippen molar-refractivity contribution in [2.75, 3.05) is 13.4 Å². The van der Waals surface area contributed by atoms with Gasteiger partial charge in [-0.3, -0.25) is 9.36 Å². The Morgan fingerprint density at radius 1 is 0.974 bits per heavy atom. The highest BCUT2D eigenvalue weighted by molar-refractivity contribution is 7.98. The number of thioether (sulfide) groups is 1. The molecule has 0 atom stereocenters. The molecule has 0 aliphatic heterocycles. The van der Waals surface area contributed by atoms with Gasteiger partial charge in [0.15, 0.2) is 11.2 Å². The third-order valence-corrected chi connectivity index (χ3v) is 6.61. The predicted octanol–water partition coefficient (Wildman–Crippen LogP) is 2.89. The summed E-state index contributed by atoms with van der Waals surface area (Å²) in [5, 5.41) is 13.9. The second-order valence-electron chi connectivity index (χ2n) is 8.10. The molecule has 38 heavy (non-hydrogen) atoms. The zero-order valence-electron chi connectivity index (χ0n) is 20.5. The average molecular weight is 524 g/mol. The van der Waals surface area contributed by atoms with Crippen molar-refractivity contribution in [2.24, 2.45) is 4.99 Å². The first-order chi connectivity index (χ1) is 18.5. The highest BCUT2D eigenvalue weighted by Gasteiger charge is 2.19. The Bertz CT molecular complexity index is 1850. The van der Waals surface area contributed by atoms with Crippen LogP contribution < -0.4 is 21.6 Å². The standard InChI is InChI=1S/C27H21N7O3S/c1-37-21-12-8-18(9-13-21)16-32-25(35)23-24(33(27(32)36)19-6-4-3-5-7-19)30-26(29-17-28)34(31-23)20-10-14-22(38-2)15-11-20/h3-15H,16H2,1-2H3. The maximum Gasteiger partial charge on any atom is 0.337 e. The fraction of sp³-hybridized carbons (Fsp3) is 0.111. The minimum atomic E-state index is -0.613. The monoisotopic (exact) mass is 523 g/mol. The summed E-state index contributed by atoms with van der Waals surface area (Å²) in [6.07, 6.45) is 3.70. The SMILES string of the molecule is COc1ccc(Cn2c(=O)c3nn(-c4ccc(SC)cc4)c(=NC#N)nc3n(-c3ccccc3)c2=O)cc1. The van der Waals surface area contributed by atoms with Gasteiger partial charge in [-0.25, -0.2) is 9.36 Å². The van der Waals surface area contributed by atoms with E-state index >= 15 is 0 Å². The first-order valence-electron chi connectivity index (χ1n) is 11.5. The van der Waals surface area contributed by atoms with E-state index in [1.54, 1.807) is 85.7 Å². The number of nitrogens with zero attached hydrogens (tertiary/aromatic N) is 7. The van der Waals surface area contributed by atoms with Crippen LogP contribution in [-0.4, -0.2) is 37.3 Å². The lowest BCUT2D eigenvalue weighted by Gasteiger charge is -2.15. The van der Waals surface area contributed by atoms with E-state index in [-0.39, 0.29) is 23.3 Å². The lowest BCUT2D eigenvalue weighted by molar-refractivity contribution is 0.414. The van der Waals surface area contributed by atoms with E-state index in [2.05, 4.69) is 15.1 Å². The molecule has 0 saturated carbocycles. The van der Waals surface area contributed by atoms with Crippen LogP contribution in [0.25, 0.3) is 22.5 Å². The average Bonchev–Trinajstić information content (AvgIpc) is 2.96. The molecule has 0 bridgehead atoms. The fourth-order valence-corrected chi connectivity index (χ4v) is 4.39. The summed E-state index contributed by atoms with van der Waals surface area (Å²) in [6, 6.07) is 23.3. The van der Waals surface area contributed by atoms with Crippen LogP contribution in [0.4, 0.5) is 0 Å². The molecule has 0 saturated heterocycles. The van der Waals surface area contributed by atoms with E-state index in [0.717, 1.165) is 15.0 Å². The van der Waals surface area contributed by atoms with E-state index in [0.29, 0.717) is 17.1 Å². The largest absolute Gasteiger partial charge is 0.497 e. The highest BCUT2D eigenvalue weighted by Crippen LogP contribution is 2.17. The molecule has 5 aromatic rings. The number of nitriles is 1. The fourth-order valence-electron chi connectivity index (χ4n) is 3.98. The summed E-state index contributed by atoms with van der Waals surface area (Å²) >= 11 is 1.58. The zero-order valence-corrected chi connectivity index (χ0v) is 21.3. The first-order valence-corrected chi connectivity index (χ1v) is 12.7. The topological polar surface area (TPSA) is 120 Å². The van der Waals surface area contributed by atoms with E-state index < -0.39 is 11.2 Å². The summed E-state index contributed by atoms with van der Waals surface area (Å²) in [4.78, 5) is 36.8. The van der Waals surface area contributed by atoms with Gasteiger partial charge in [-0.1, -0.05) is 30.3 Å². The van der Waals surface area contributed by atoms with E-state index in [9.17, 15) is 14.9 Å². The summed E-state index contributed by atoms with van der Waals surface area (Å²) in [5.74, 6) is 0.662. The van der Waals surface area contributed by atoms with Crippen molar-refractivity contribution in [2.45, 2.75) is 11.4 Å². The Balaban J connectivity index is 1.83. The molecule has 2 heterocycles. The van der Waals surface area contributed by atoms with Crippen LogP contribution in [0, 0.1) is 11.5 Å². The van der Waals surface area contributed by atoms with E-state index in [4.69, 9.17) is 4.74 Å². The molecule has 0 radical (unpaired) electrons. The van der Waals surface area contributed by atoms with Crippen molar-refractivity contribution in [3.63, 3.8) is 0 Å². The summed E-state index contributed by atoms with van der Waals surface area (Å²) < 4.78 is 8.97. The van der Waals surface area contributed by atoms with Crippen molar-refractivity contribution in [3.8, 4) is 23.3 Å². The Morgan fingerprint density at radius 3 is 2.32 bits per heavy atom. The Morgan fingerprint density at radius 2 is 1.68 bits per heavy atom. The first kappa shape index (κ1) is 24.7. The molecule has 5 rings (SSSR count). The van der Waals surface area contributed by atoms with Crippen LogP contribution in [-0.2, 0) is 6.54 Å². The maximum atomic E-state index is 13.8. The molecule has 3 aromatic carbocycles. The predicted molar refractivity (Wildman–Crippen MR) is 144 cm³/mol. The Kier molecular flexibility index (Phi) is 6.88. The third-order valence-electron chi connectivity index (χ3n) is 5.87. The van der Waals surface area contributed by atoms with E-state index in [1.807, 2.05) is 24.5 Å². The molecule has 10 nitrogen and oxygen atoms in total. The van der Waals surface area contributed by atoms with Crippen LogP contribution >= 0.6 is 11.8 Å². The molecule has 2 aromatic heterocycles. The normalized spacial score (nSPS) is 11.4. The van der Waals surface area contributed by atoms with Crippen molar-refractivity contribution in [3.05, 3.63) is 111 Å². The highest BCUT2D eigenvalue weighted by atomic mass is 32.2. The number of rotatable bonds is 6. The number of fused-ring (bicyclic) bond motifs is 1. The number of aromatic nitrogens is 5. The minimum absolute atomic E-state index is 0.00293. The smallest absolute Gasteiger partial charge is 0.337 e. The Hall–Kier alpha value is -4.95. The van der Waals surface area contributed by atoms with E-state index in [1.165, 1.54) is 9.25 Å². The van der Waals surface area contributed by atoms with Gasteiger partial charge in [-0.15, -0.1) is 16.8 Å². The summed E-state index contributed by atoms with van der Waals surface area (Å²) in [6.45, 7) is 0.0128. The molecular formula is C27H21N7O3S. The van der Waals surface area contributed by atoms with Gasteiger partial charge < -0.3 is 4.74 Å². The van der Waals surface area contributed by atoms with Gasteiger partial charge in [0.1, 0.15) is 5.75 Å². The summed E-state index contributed by atoms with van der Waals surface area (Å²) in [5.41, 5.74) is 0.468. The molecule has 0 aliphatic rings. The molecule has 0 amide bonds. The number of para-hydroxylation sites is 1. The van der Waals surface area contributed by atoms with Crippen molar-refractivity contribution >= 4 is 22.9 Å². The minimum Gasteiger partial charge on any atom is -0.497 e. The van der Waals surface area contributed by atoms with Crippen LogP contribution in [0.5, 0.6) is 5.75 Å². The number of hydrogen-bond donors (Lipinski definition) is 0. The van der Waals surface area contributed by atoms with Gasteiger partial charge in [0, 0.05) is 4.90 Å². The molecule has 0 spiro atoms. The lowest BCUT2D eigenvalue weighted by Crippen LogP contribution is -2.42. The van der Waals surface area contributed by atoms with Gasteiger partial charge in [-0.2, -0.15) is 20.0 Å². The molecular weight excluding hydrogens is 502 g/mol. The molecule has 0 unspecified atom stereocenters. The van der Waals surface area contributed by atoms with Crippen LogP contribution in [0.1, 0.15) is 5.56 Å². The van der Waals surface area contributed by atoms with Gasteiger partial charge in [0.05, 0.1) is 25.0 Å². The molecule has 11 heteroatoms. The number of ether oxygens (including phenoxy) is 1. The number of hydrogen-bond acceptors (Lipinski definition) is 8. The third kappa shape index (κ3) is 4.60. The second kappa shape index (κ2) is 10.6. The Labute approximate surface area is 220 Å². The summed E-state index contributed by atoms with van der Waals surface area (Å²) in [7, 11) is 1.57. The number of methoxy groups -OCH3 is 1. The maximum absolute atomic E-state index is 13.8. The number of benzene rings is 3. The molecule has 0 aliphatic carbocycles. The zero-order chi connectivity index (χ0) is 26.6. The van der Waals surface area contributed by atoms with Gasteiger partial charge in [-0.05, 0) is 60.4 Å². The lowest BCUT2D eigenvalue weighted by atomic mass is 10.2.